The number of amides is 1. The highest BCUT2D eigenvalue weighted by molar-refractivity contribution is 7.89. The first-order valence-electron chi connectivity index (χ1n) is 10.7. The zero-order valence-electron chi connectivity index (χ0n) is 17.6. The second-order valence-corrected chi connectivity index (χ2v) is 10.0. The number of anilines is 2. The van der Waals surface area contributed by atoms with E-state index in [1.54, 1.807) is 16.4 Å². The summed E-state index contributed by atoms with van der Waals surface area (Å²) in [6.45, 7) is 6.58. The van der Waals surface area contributed by atoms with Gasteiger partial charge in [0.25, 0.3) is 5.91 Å². The van der Waals surface area contributed by atoms with Crippen LogP contribution in [0.1, 0.15) is 49.0 Å². The molecule has 1 amide bonds. The van der Waals surface area contributed by atoms with E-state index in [1.807, 2.05) is 19.1 Å². The van der Waals surface area contributed by atoms with E-state index in [0.29, 0.717) is 12.1 Å². The van der Waals surface area contributed by atoms with Gasteiger partial charge in [0.05, 0.1) is 4.90 Å². The molecular formula is C23H29N3O3S. The molecule has 2 aliphatic heterocycles. The van der Waals surface area contributed by atoms with Gasteiger partial charge in [0.2, 0.25) is 10.0 Å². The molecule has 2 aromatic carbocycles. The van der Waals surface area contributed by atoms with E-state index >= 15 is 0 Å². The summed E-state index contributed by atoms with van der Waals surface area (Å²) in [6, 6.07) is 12.3. The molecule has 1 atom stereocenters. The minimum Gasteiger partial charge on any atom is -0.371 e. The molecule has 2 aromatic rings. The van der Waals surface area contributed by atoms with Crippen molar-refractivity contribution in [3.05, 3.63) is 53.6 Å². The van der Waals surface area contributed by atoms with Crippen LogP contribution in [0.3, 0.4) is 0 Å². The molecule has 30 heavy (non-hydrogen) atoms. The monoisotopic (exact) mass is 427 g/mol. The highest BCUT2D eigenvalue weighted by Crippen LogP contribution is 2.31. The topological polar surface area (TPSA) is 69.7 Å². The van der Waals surface area contributed by atoms with Crippen molar-refractivity contribution in [1.82, 2.24) is 4.31 Å². The van der Waals surface area contributed by atoms with E-state index in [2.05, 4.69) is 23.2 Å². The van der Waals surface area contributed by atoms with E-state index in [4.69, 9.17) is 0 Å². The number of hydrogen-bond acceptors (Lipinski definition) is 4. The number of sulfonamides is 1. The van der Waals surface area contributed by atoms with E-state index < -0.39 is 10.0 Å². The van der Waals surface area contributed by atoms with Crippen molar-refractivity contribution >= 4 is 27.3 Å². The van der Waals surface area contributed by atoms with Crippen LogP contribution in [0.2, 0.25) is 0 Å². The molecule has 0 radical (unpaired) electrons. The molecule has 1 unspecified atom stereocenters. The zero-order chi connectivity index (χ0) is 21.3. The fraction of sp³-hybridized carbons (Fsp3) is 0.435. The second-order valence-electron chi connectivity index (χ2n) is 8.11. The maximum absolute atomic E-state index is 13.0. The van der Waals surface area contributed by atoms with Crippen LogP contribution in [-0.2, 0) is 16.4 Å². The normalized spacial score (nSPS) is 19.5. The van der Waals surface area contributed by atoms with E-state index in [1.165, 1.54) is 23.4 Å². The Labute approximate surface area is 178 Å². The highest BCUT2D eigenvalue weighted by atomic mass is 32.2. The number of benzene rings is 2. The molecule has 1 N–H and O–H groups in total. The van der Waals surface area contributed by atoms with Gasteiger partial charge in [-0.3, -0.25) is 4.79 Å². The third kappa shape index (κ3) is 3.96. The molecule has 160 valence electrons. The number of carbonyl (C=O) groups excluding carboxylic acids is 1. The number of rotatable bonds is 5. The summed E-state index contributed by atoms with van der Waals surface area (Å²) in [5.41, 5.74) is 3.66. The third-order valence-electron chi connectivity index (χ3n) is 6.18. The Morgan fingerprint density at radius 2 is 1.87 bits per heavy atom. The van der Waals surface area contributed by atoms with E-state index in [0.717, 1.165) is 44.5 Å². The lowest BCUT2D eigenvalue weighted by atomic mass is 10.1. The summed E-state index contributed by atoms with van der Waals surface area (Å²) >= 11 is 0. The van der Waals surface area contributed by atoms with Gasteiger partial charge in [0, 0.05) is 42.6 Å². The van der Waals surface area contributed by atoms with Crippen LogP contribution >= 0.6 is 0 Å². The maximum atomic E-state index is 13.0. The summed E-state index contributed by atoms with van der Waals surface area (Å²) in [7, 11) is -3.53. The minimum absolute atomic E-state index is 0.00854. The minimum atomic E-state index is -3.53. The number of hydrogen-bond donors (Lipinski definition) is 1. The smallest absolute Gasteiger partial charge is 0.255 e. The molecule has 0 spiro atoms. The van der Waals surface area contributed by atoms with Crippen LogP contribution in [-0.4, -0.2) is 44.3 Å². The average Bonchev–Trinajstić information content (AvgIpc) is 3.16. The number of fused-ring (bicyclic) bond motifs is 1. The van der Waals surface area contributed by atoms with Gasteiger partial charge in [-0.15, -0.1) is 0 Å². The quantitative estimate of drug-likeness (QED) is 0.786. The van der Waals surface area contributed by atoms with Crippen molar-refractivity contribution in [3.8, 4) is 0 Å². The number of likely N-dealkylation sites (N-methyl/N-ethyl adjacent to an activating group) is 1. The Morgan fingerprint density at radius 3 is 2.57 bits per heavy atom. The van der Waals surface area contributed by atoms with Crippen molar-refractivity contribution in [1.29, 1.82) is 0 Å². The van der Waals surface area contributed by atoms with Gasteiger partial charge in [-0.1, -0.05) is 12.5 Å². The molecular weight excluding hydrogens is 398 g/mol. The van der Waals surface area contributed by atoms with Crippen LogP contribution in [0, 0.1) is 0 Å². The Morgan fingerprint density at radius 1 is 1.10 bits per heavy atom. The Hall–Kier alpha value is -2.38. The van der Waals surface area contributed by atoms with Crippen molar-refractivity contribution in [3.63, 3.8) is 0 Å². The standard InChI is InChI=1S/C23H29N3O3S/c1-3-25-15-13-18-7-10-20(16-22(18)25)24-23(27)19-8-11-21(12-9-19)30(28,29)26-14-5-4-6-17(26)2/h7-12,16-17H,3-6,13-15H2,1-2H3,(H,24,27). The van der Waals surface area contributed by atoms with Gasteiger partial charge in [-0.25, -0.2) is 8.42 Å². The van der Waals surface area contributed by atoms with Crippen LogP contribution < -0.4 is 10.2 Å². The lowest BCUT2D eigenvalue weighted by Gasteiger charge is -2.32. The number of piperidine rings is 1. The molecule has 0 saturated carbocycles. The number of nitrogens with zero attached hydrogens (tertiary/aromatic N) is 2. The predicted octanol–water partition coefficient (Wildman–Crippen LogP) is 3.88. The highest BCUT2D eigenvalue weighted by Gasteiger charge is 2.31. The van der Waals surface area contributed by atoms with Crippen LogP contribution in [0.5, 0.6) is 0 Å². The molecule has 7 heteroatoms. The molecule has 2 aliphatic rings. The number of nitrogens with one attached hydrogen (secondary N) is 1. The molecule has 6 nitrogen and oxygen atoms in total. The molecule has 0 aromatic heterocycles. The Balaban J connectivity index is 1.49. The molecule has 1 fully saturated rings. The second kappa shape index (κ2) is 8.40. The van der Waals surface area contributed by atoms with Crippen LogP contribution in [0.4, 0.5) is 11.4 Å². The summed E-state index contributed by atoms with van der Waals surface area (Å²) in [6.07, 6.45) is 3.87. The Bertz CT molecular complexity index is 1030. The first kappa shape index (κ1) is 20.9. The molecule has 0 aliphatic carbocycles. The van der Waals surface area contributed by atoms with Crippen molar-refractivity contribution in [2.45, 2.75) is 50.5 Å². The summed E-state index contributed by atoms with van der Waals surface area (Å²) in [5.74, 6) is -0.244. The summed E-state index contributed by atoms with van der Waals surface area (Å²) < 4.78 is 27.5. The summed E-state index contributed by atoms with van der Waals surface area (Å²) in [4.78, 5) is 15.2. The van der Waals surface area contributed by atoms with Crippen molar-refractivity contribution in [2.75, 3.05) is 29.9 Å². The van der Waals surface area contributed by atoms with Gasteiger partial charge in [0.1, 0.15) is 0 Å². The Kier molecular flexibility index (Phi) is 5.84. The average molecular weight is 428 g/mol. The van der Waals surface area contributed by atoms with Crippen LogP contribution in [0.25, 0.3) is 0 Å². The van der Waals surface area contributed by atoms with E-state index in [9.17, 15) is 13.2 Å². The van der Waals surface area contributed by atoms with Crippen molar-refractivity contribution < 1.29 is 13.2 Å². The first-order valence-corrected chi connectivity index (χ1v) is 12.2. The van der Waals surface area contributed by atoms with Gasteiger partial charge in [-0.05, 0) is 75.1 Å². The zero-order valence-corrected chi connectivity index (χ0v) is 18.4. The van der Waals surface area contributed by atoms with Gasteiger partial charge in [0.15, 0.2) is 0 Å². The van der Waals surface area contributed by atoms with Gasteiger partial charge in [-0.2, -0.15) is 4.31 Å². The molecule has 0 bridgehead atoms. The lowest BCUT2D eigenvalue weighted by molar-refractivity contribution is 0.102. The van der Waals surface area contributed by atoms with Crippen LogP contribution in [0.15, 0.2) is 47.4 Å². The van der Waals surface area contributed by atoms with Crippen molar-refractivity contribution in [2.24, 2.45) is 0 Å². The maximum Gasteiger partial charge on any atom is 0.255 e. The molecule has 4 rings (SSSR count). The lowest BCUT2D eigenvalue weighted by Crippen LogP contribution is -2.41. The fourth-order valence-corrected chi connectivity index (χ4v) is 6.10. The summed E-state index contributed by atoms with van der Waals surface area (Å²) in [5, 5.41) is 2.94. The molecule has 2 heterocycles. The largest absolute Gasteiger partial charge is 0.371 e. The first-order chi connectivity index (χ1) is 14.4. The fourth-order valence-electron chi connectivity index (χ4n) is 4.40. The van der Waals surface area contributed by atoms with Gasteiger partial charge < -0.3 is 10.2 Å². The van der Waals surface area contributed by atoms with Gasteiger partial charge >= 0.3 is 0 Å². The predicted molar refractivity (Wildman–Crippen MR) is 120 cm³/mol. The van der Waals surface area contributed by atoms with E-state index in [-0.39, 0.29) is 16.8 Å². The third-order valence-corrected chi connectivity index (χ3v) is 8.21. The number of carbonyl (C=O) groups is 1. The molecule has 1 saturated heterocycles. The SMILES string of the molecule is CCN1CCc2ccc(NC(=O)c3ccc(S(=O)(=O)N4CCCCC4C)cc3)cc21.